The van der Waals surface area contributed by atoms with E-state index in [1.165, 1.54) is 0 Å². The lowest BCUT2D eigenvalue weighted by molar-refractivity contribution is -0.154. The number of fused-ring (bicyclic) bond motifs is 1. The van der Waals surface area contributed by atoms with Gasteiger partial charge >= 0.3 is 5.97 Å². The second-order valence-electron chi connectivity index (χ2n) is 12.1. The number of cyclic esters (lactones) is 1. The standard InChI is InChI=1S/C29H46N2O6S2/c1-17-9-8-10-29(6)22(31(29)11-12-32)14-21(18(2)13-20-16-39-27(30-20)38-7)37-24(34)15-23(33)28(4,5)26(36)19(3)25(17)35/h13,16-17,19,21-23,25,32-33,35H,8-12,14-15H2,1-7H3/b18-13+/t17-,19+,21-,22-,23-,25-,29+,31?/m0/s1. The predicted octanol–water partition coefficient (Wildman–Crippen LogP) is 4.17. The van der Waals surface area contributed by atoms with Crippen LogP contribution in [0, 0.1) is 17.3 Å². The maximum absolute atomic E-state index is 13.3. The van der Waals surface area contributed by atoms with E-state index in [0.717, 1.165) is 34.9 Å². The summed E-state index contributed by atoms with van der Waals surface area (Å²) in [4.78, 5) is 33.4. The third-order valence-corrected chi connectivity index (χ3v) is 10.9. The Kier molecular flexibility index (Phi) is 10.8. The van der Waals surface area contributed by atoms with Crippen molar-refractivity contribution >= 4 is 40.9 Å². The van der Waals surface area contributed by atoms with Crippen molar-refractivity contribution in [1.29, 1.82) is 0 Å². The fraction of sp³-hybridized carbons (Fsp3) is 0.759. The molecule has 3 N–H and O–H groups in total. The molecule has 0 saturated carbocycles. The molecule has 39 heavy (non-hydrogen) atoms. The Morgan fingerprint density at radius 2 is 1.97 bits per heavy atom. The van der Waals surface area contributed by atoms with Crippen LogP contribution in [0.15, 0.2) is 15.3 Å². The first-order valence-corrected chi connectivity index (χ1v) is 16.0. The lowest BCUT2D eigenvalue weighted by atomic mass is 9.73. The summed E-state index contributed by atoms with van der Waals surface area (Å²) in [6.07, 6.45) is 4.01. The molecule has 1 aromatic rings. The van der Waals surface area contributed by atoms with Crippen molar-refractivity contribution in [3.63, 3.8) is 0 Å². The zero-order valence-electron chi connectivity index (χ0n) is 24.3. The number of thioether (sulfide) groups is 1. The summed E-state index contributed by atoms with van der Waals surface area (Å²) >= 11 is 3.14. The lowest BCUT2D eigenvalue weighted by Gasteiger charge is -2.34. The van der Waals surface area contributed by atoms with Gasteiger partial charge in [-0.3, -0.25) is 14.5 Å². The summed E-state index contributed by atoms with van der Waals surface area (Å²) in [6, 6.07) is 0.109. The third kappa shape index (κ3) is 7.32. The first-order chi connectivity index (χ1) is 18.3. The average molecular weight is 583 g/mol. The number of nitrogens with zero attached hydrogens (tertiary/aromatic N) is 2. The summed E-state index contributed by atoms with van der Waals surface area (Å²) < 4.78 is 6.96. The van der Waals surface area contributed by atoms with Gasteiger partial charge in [0.1, 0.15) is 16.2 Å². The number of ether oxygens (including phenoxy) is 1. The molecule has 0 spiro atoms. The van der Waals surface area contributed by atoms with Crippen LogP contribution in [0.3, 0.4) is 0 Å². The number of aliphatic hydroxyl groups is 3. The Hall–Kier alpha value is -1.30. The number of Topliss-reactive ketones (excluding diaryl/α,β-unsaturated/α-hetero) is 1. The molecule has 1 aromatic heterocycles. The number of hydrogen-bond donors (Lipinski definition) is 3. The number of carbonyl (C=O) groups is 2. The maximum atomic E-state index is 13.3. The van der Waals surface area contributed by atoms with Crippen LogP contribution >= 0.6 is 23.1 Å². The van der Waals surface area contributed by atoms with Crippen LogP contribution in [0.25, 0.3) is 6.08 Å². The number of aliphatic hydroxyl groups excluding tert-OH is 3. The van der Waals surface area contributed by atoms with Gasteiger partial charge in [0.15, 0.2) is 0 Å². The van der Waals surface area contributed by atoms with Gasteiger partial charge in [-0.05, 0) is 50.5 Å². The van der Waals surface area contributed by atoms with Gasteiger partial charge in [0.2, 0.25) is 0 Å². The predicted molar refractivity (Wildman–Crippen MR) is 156 cm³/mol. The SMILES string of the molecule is CSc1nc(/C=C(\C)[C@@H]2C[C@@H]3N(CCO)[C@]3(C)CCC[C@H](C)[C@H](O)[C@@H](C)C(=O)C(C)(C)[C@@H](O)CC(=O)O2)cs1. The van der Waals surface area contributed by atoms with E-state index in [1.807, 2.05) is 31.6 Å². The van der Waals surface area contributed by atoms with Crippen molar-refractivity contribution in [2.75, 3.05) is 19.4 Å². The number of rotatable bonds is 5. The van der Waals surface area contributed by atoms with E-state index >= 15 is 0 Å². The van der Waals surface area contributed by atoms with Gasteiger partial charge in [-0.1, -0.05) is 45.9 Å². The second-order valence-corrected chi connectivity index (χ2v) is 14.0. The second kappa shape index (κ2) is 13.1. The molecule has 8 atom stereocenters. The summed E-state index contributed by atoms with van der Waals surface area (Å²) in [5.41, 5.74) is 0.281. The monoisotopic (exact) mass is 582 g/mol. The van der Waals surface area contributed by atoms with E-state index in [0.29, 0.717) is 13.0 Å². The minimum Gasteiger partial charge on any atom is -0.458 e. The van der Waals surface area contributed by atoms with Crippen LogP contribution < -0.4 is 0 Å². The van der Waals surface area contributed by atoms with Crippen LogP contribution in [0.4, 0.5) is 0 Å². The van der Waals surface area contributed by atoms with E-state index in [2.05, 4.69) is 16.8 Å². The highest BCUT2D eigenvalue weighted by atomic mass is 32.2. The summed E-state index contributed by atoms with van der Waals surface area (Å²) in [6.45, 7) is 11.6. The highest BCUT2D eigenvalue weighted by molar-refractivity contribution is 8.00. The first-order valence-electron chi connectivity index (χ1n) is 13.9. The molecule has 2 saturated heterocycles. The molecule has 2 fully saturated rings. The number of esters is 1. The first kappa shape index (κ1) is 32.2. The van der Waals surface area contributed by atoms with Gasteiger partial charge < -0.3 is 20.1 Å². The lowest BCUT2D eigenvalue weighted by Crippen LogP contribution is -2.45. The largest absolute Gasteiger partial charge is 0.458 e. The van der Waals surface area contributed by atoms with E-state index in [1.54, 1.807) is 43.9 Å². The maximum Gasteiger partial charge on any atom is 0.309 e. The Labute approximate surface area is 241 Å². The number of ketones is 1. The molecular formula is C29H46N2O6S2. The Morgan fingerprint density at radius 3 is 2.59 bits per heavy atom. The van der Waals surface area contributed by atoms with Crippen molar-refractivity contribution in [2.24, 2.45) is 17.3 Å². The van der Waals surface area contributed by atoms with Crippen molar-refractivity contribution in [3.05, 3.63) is 16.6 Å². The van der Waals surface area contributed by atoms with Gasteiger partial charge in [-0.15, -0.1) is 11.3 Å². The molecule has 0 bridgehead atoms. The minimum absolute atomic E-state index is 0.0394. The van der Waals surface area contributed by atoms with Crippen LogP contribution in [0.1, 0.15) is 79.3 Å². The molecule has 0 aromatic carbocycles. The van der Waals surface area contributed by atoms with Crippen molar-refractivity contribution in [2.45, 2.75) is 108 Å². The Balaban J connectivity index is 1.93. The highest BCUT2D eigenvalue weighted by Crippen LogP contribution is 2.48. The van der Waals surface area contributed by atoms with E-state index in [4.69, 9.17) is 4.74 Å². The average Bonchev–Trinajstić information content (AvgIpc) is 3.19. The van der Waals surface area contributed by atoms with Gasteiger partial charge in [-0.25, -0.2) is 4.98 Å². The van der Waals surface area contributed by atoms with Crippen LogP contribution in [0.5, 0.6) is 0 Å². The molecule has 2 aliphatic heterocycles. The van der Waals surface area contributed by atoms with Gasteiger partial charge in [0.25, 0.3) is 0 Å². The van der Waals surface area contributed by atoms with E-state index in [9.17, 15) is 24.9 Å². The summed E-state index contributed by atoms with van der Waals surface area (Å²) in [5, 5.41) is 33.7. The zero-order chi connectivity index (χ0) is 29.1. The molecule has 0 amide bonds. The molecule has 3 rings (SSSR count). The molecule has 0 aliphatic carbocycles. The van der Waals surface area contributed by atoms with Crippen LogP contribution in [-0.2, 0) is 14.3 Å². The summed E-state index contributed by atoms with van der Waals surface area (Å²) in [5.74, 6) is -1.61. The Bertz CT molecular complexity index is 1040. The van der Waals surface area contributed by atoms with E-state index in [-0.39, 0.29) is 36.3 Å². The topological polar surface area (TPSA) is 120 Å². The fourth-order valence-electron chi connectivity index (χ4n) is 6.05. The molecule has 8 nitrogen and oxygen atoms in total. The molecule has 2 aliphatic rings. The molecule has 10 heteroatoms. The minimum atomic E-state index is -1.25. The molecule has 1 unspecified atom stereocenters. The van der Waals surface area contributed by atoms with Crippen LogP contribution in [0.2, 0.25) is 0 Å². The van der Waals surface area contributed by atoms with Gasteiger partial charge in [0.05, 0.1) is 36.3 Å². The van der Waals surface area contributed by atoms with Gasteiger partial charge in [0, 0.05) is 35.8 Å². The zero-order valence-corrected chi connectivity index (χ0v) is 26.0. The van der Waals surface area contributed by atoms with Gasteiger partial charge in [-0.2, -0.15) is 0 Å². The molecule has 220 valence electrons. The molecule has 3 heterocycles. The van der Waals surface area contributed by atoms with E-state index < -0.39 is 35.6 Å². The quantitative estimate of drug-likeness (QED) is 0.267. The Morgan fingerprint density at radius 1 is 1.28 bits per heavy atom. The smallest absolute Gasteiger partial charge is 0.309 e. The van der Waals surface area contributed by atoms with Crippen LogP contribution in [-0.4, -0.2) is 86.3 Å². The molecular weight excluding hydrogens is 536 g/mol. The van der Waals surface area contributed by atoms with Crippen molar-refractivity contribution < 1.29 is 29.6 Å². The number of carbonyl (C=O) groups excluding carboxylic acids is 2. The third-order valence-electron chi connectivity index (χ3n) is 8.97. The van der Waals surface area contributed by atoms with Crippen molar-refractivity contribution in [3.8, 4) is 0 Å². The number of β-amino-alcohol motifs (C(OH)–C–C–N with tert-alkyl or cyclic N) is 1. The number of hydrogen-bond acceptors (Lipinski definition) is 10. The van der Waals surface area contributed by atoms with Crippen molar-refractivity contribution in [1.82, 2.24) is 9.88 Å². The number of aromatic nitrogens is 1. The number of thiazole rings is 1. The molecule has 0 radical (unpaired) electrons. The highest BCUT2D eigenvalue weighted by Gasteiger charge is 2.58. The summed E-state index contributed by atoms with van der Waals surface area (Å²) in [7, 11) is 0. The fourth-order valence-corrected chi connectivity index (χ4v) is 7.27. The normalized spacial score (nSPS) is 36.8.